The van der Waals surface area contributed by atoms with Crippen LogP contribution in [0.3, 0.4) is 0 Å². The third-order valence-electron chi connectivity index (χ3n) is 6.27. The molecule has 3 fully saturated rings. The maximum atomic E-state index is 6.01. The number of hydrogen-bond donors (Lipinski definition) is 1. The zero-order chi connectivity index (χ0) is 21.7. The lowest BCUT2D eigenvalue weighted by atomic mass is 9.95. The van der Waals surface area contributed by atoms with E-state index in [9.17, 15) is 0 Å². The van der Waals surface area contributed by atoms with Crippen molar-refractivity contribution in [2.24, 2.45) is 0 Å². The standard InChI is InChI=1S/C23H26N4O5/c1-13-9-18(21-26-27-22(32-21)24-12-19-28-5-6-29-19)25-20-16(13)10-15(14-3-4-14)11-17(20)23(2)30-7-8-31-23/h9-11,14,19H,3-8,12H2,1-2H3,(H,24,27). The minimum atomic E-state index is -0.815. The van der Waals surface area contributed by atoms with Gasteiger partial charge in [0.05, 0.1) is 38.5 Å². The fraction of sp³-hybridized carbons (Fsp3) is 0.522. The van der Waals surface area contributed by atoms with E-state index in [2.05, 4.69) is 34.6 Å². The predicted octanol–water partition coefficient (Wildman–Crippen LogP) is 3.47. The monoisotopic (exact) mass is 438 g/mol. The molecule has 3 aromatic rings. The van der Waals surface area contributed by atoms with Crippen molar-refractivity contribution in [2.45, 2.75) is 44.7 Å². The van der Waals surface area contributed by atoms with Crippen LogP contribution in [0.2, 0.25) is 0 Å². The molecule has 168 valence electrons. The molecule has 0 spiro atoms. The first-order valence-corrected chi connectivity index (χ1v) is 11.1. The van der Waals surface area contributed by atoms with Gasteiger partial charge in [-0.1, -0.05) is 5.10 Å². The zero-order valence-electron chi connectivity index (χ0n) is 18.2. The number of hydrogen-bond acceptors (Lipinski definition) is 9. The molecule has 0 bridgehead atoms. The van der Waals surface area contributed by atoms with E-state index in [-0.39, 0.29) is 6.29 Å². The fourth-order valence-corrected chi connectivity index (χ4v) is 4.39. The molecule has 9 nitrogen and oxygen atoms in total. The lowest BCUT2D eigenvalue weighted by Crippen LogP contribution is -2.23. The lowest BCUT2D eigenvalue weighted by Gasteiger charge is -2.25. The van der Waals surface area contributed by atoms with E-state index in [4.69, 9.17) is 28.3 Å². The average molecular weight is 438 g/mol. The van der Waals surface area contributed by atoms with Crippen molar-refractivity contribution in [1.29, 1.82) is 0 Å². The second-order valence-corrected chi connectivity index (χ2v) is 8.67. The zero-order valence-corrected chi connectivity index (χ0v) is 18.2. The summed E-state index contributed by atoms with van der Waals surface area (Å²) in [5.41, 5.74) is 4.83. The van der Waals surface area contributed by atoms with Crippen molar-refractivity contribution in [3.8, 4) is 11.6 Å². The molecule has 0 atom stereocenters. The van der Waals surface area contributed by atoms with Gasteiger partial charge in [0.1, 0.15) is 5.69 Å². The number of aromatic nitrogens is 3. The highest BCUT2D eigenvalue weighted by molar-refractivity contribution is 5.88. The molecule has 32 heavy (non-hydrogen) atoms. The van der Waals surface area contributed by atoms with Gasteiger partial charge in [0.2, 0.25) is 0 Å². The van der Waals surface area contributed by atoms with Crippen LogP contribution in [-0.2, 0) is 24.7 Å². The maximum Gasteiger partial charge on any atom is 0.315 e. The highest BCUT2D eigenvalue weighted by Gasteiger charge is 2.37. The van der Waals surface area contributed by atoms with Gasteiger partial charge in [-0.2, -0.15) is 0 Å². The second kappa shape index (κ2) is 7.77. The Morgan fingerprint density at radius 1 is 1.03 bits per heavy atom. The smallest absolute Gasteiger partial charge is 0.315 e. The number of rotatable bonds is 6. The fourth-order valence-electron chi connectivity index (χ4n) is 4.39. The summed E-state index contributed by atoms with van der Waals surface area (Å²) in [6, 6.07) is 6.74. The van der Waals surface area contributed by atoms with E-state index in [1.165, 1.54) is 18.4 Å². The summed E-state index contributed by atoms with van der Waals surface area (Å²) in [6.07, 6.45) is 2.15. The molecule has 2 aromatic heterocycles. The molecule has 1 saturated carbocycles. The number of ether oxygens (including phenoxy) is 4. The number of benzene rings is 1. The average Bonchev–Trinajstić information content (AvgIpc) is 3.17. The molecule has 0 radical (unpaired) electrons. The van der Waals surface area contributed by atoms with Crippen LogP contribution >= 0.6 is 0 Å². The Morgan fingerprint density at radius 3 is 2.56 bits per heavy atom. The van der Waals surface area contributed by atoms with Crippen molar-refractivity contribution < 1.29 is 23.4 Å². The predicted molar refractivity (Wildman–Crippen MR) is 115 cm³/mol. The molecule has 6 rings (SSSR count). The van der Waals surface area contributed by atoms with Crippen LogP contribution in [0, 0.1) is 6.92 Å². The van der Waals surface area contributed by atoms with Gasteiger partial charge < -0.3 is 28.7 Å². The molecule has 2 aliphatic heterocycles. The Kier molecular flexibility index (Phi) is 4.87. The van der Waals surface area contributed by atoms with Crippen LogP contribution in [0.4, 0.5) is 6.01 Å². The highest BCUT2D eigenvalue weighted by Crippen LogP contribution is 2.45. The van der Waals surface area contributed by atoms with Gasteiger partial charge in [0.25, 0.3) is 5.89 Å². The van der Waals surface area contributed by atoms with Crippen molar-refractivity contribution >= 4 is 16.9 Å². The molecule has 4 heterocycles. The number of fused-ring (bicyclic) bond motifs is 1. The molecule has 1 aromatic carbocycles. The minimum Gasteiger partial charge on any atom is -0.402 e. The SMILES string of the molecule is Cc1cc(-c2nnc(NCC3OCCO3)o2)nc2c(C3(C)OCCO3)cc(C3CC3)cc12. The summed E-state index contributed by atoms with van der Waals surface area (Å²) in [5, 5.41) is 12.4. The topological polar surface area (TPSA) is 101 Å². The largest absolute Gasteiger partial charge is 0.402 e. The first-order valence-electron chi connectivity index (χ1n) is 11.1. The van der Waals surface area contributed by atoms with E-state index in [1.54, 1.807) is 0 Å². The van der Waals surface area contributed by atoms with E-state index in [1.807, 2.05) is 13.0 Å². The Hall–Kier alpha value is -2.59. The van der Waals surface area contributed by atoms with Gasteiger partial charge in [-0.3, -0.25) is 0 Å². The van der Waals surface area contributed by atoms with Crippen LogP contribution in [0.15, 0.2) is 22.6 Å². The minimum absolute atomic E-state index is 0.303. The summed E-state index contributed by atoms with van der Waals surface area (Å²) in [6.45, 7) is 6.81. The summed E-state index contributed by atoms with van der Waals surface area (Å²) in [7, 11) is 0. The van der Waals surface area contributed by atoms with Crippen LogP contribution in [-0.4, -0.2) is 54.4 Å². The Morgan fingerprint density at radius 2 is 1.81 bits per heavy atom. The van der Waals surface area contributed by atoms with Gasteiger partial charge in [0, 0.05) is 10.9 Å². The first-order chi connectivity index (χ1) is 15.6. The van der Waals surface area contributed by atoms with E-state index < -0.39 is 5.79 Å². The summed E-state index contributed by atoms with van der Waals surface area (Å²) in [4.78, 5) is 4.93. The highest BCUT2D eigenvalue weighted by atomic mass is 16.7. The van der Waals surface area contributed by atoms with E-state index >= 15 is 0 Å². The molecule has 1 aliphatic carbocycles. The van der Waals surface area contributed by atoms with Crippen molar-refractivity contribution in [3.63, 3.8) is 0 Å². The number of pyridine rings is 1. The second-order valence-electron chi connectivity index (χ2n) is 8.67. The molecule has 0 unspecified atom stereocenters. The molecule has 1 N–H and O–H groups in total. The Balaban J connectivity index is 1.38. The molecular weight excluding hydrogens is 412 g/mol. The number of aryl methyl sites for hydroxylation is 1. The van der Waals surface area contributed by atoms with Crippen LogP contribution in [0.5, 0.6) is 0 Å². The third-order valence-corrected chi connectivity index (χ3v) is 6.27. The van der Waals surface area contributed by atoms with Crippen molar-refractivity contribution in [3.05, 3.63) is 34.9 Å². The van der Waals surface area contributed by atoms with Gasteiger partial charge in [-0.15, -0.1) is 5.10 Å². The van der Waals surface area contributed by atoms with E-state index in [0.29, 0.717) is 56.5 Å². The number of nitrogens with one attached hydrogen (secondary N) is 1. The Labute approximate surface area is 185 Å². The molecule has 9 heteroatoms. The Bertz CT molecular complexity index is 1150. The summed E-state index contributed by atoms with van der Waals surface area (Å²) >= 11 is 0. The van der Waals surface area contributed by atoms with Crippen molar-refractivity contribution in [1.82, 2.24) is 15.2 Å². The van der Waals surface area contributed by atoms with Crippen LogP contribution < -0.4 is 5.32 Å². The third kappa shape index (κ3) is 3.65. The van der Waals surface area contributed by atoms with Crippen LogP contribution in [0.1, 0.15) is 42.4 Å². The number of anilines is 1. The van der Waals surface area contributed by atoms with Crippen molar-refractivity contribution in [2.75, 3.05) is 38.3 Å². The van der Waals surface area contributed by atoms with E-state index in [0.717, 1.165) is 22.0 Å². The maximum absolute atomic E-state index is 6.01. The molecule has 2 saturated heterocycles. The summed E-state index contributed by atoms with van der Waals surface area (Å²) in [5.74, 6) is 0.144. The van der Waals surface area contributed by atoms with Gasteiger partial charge in [-0.25, -0.2) is 4.98 Å². The molecule has 3 aliphatic rings. The van der Waals surface area contributed by atoms with Gasteiger partial charge >= 0.3 is 6.01 Å². The van der Waals surface area contributed by atoms with Gasteiger partial charge in [-0.05, 0) is 61.9 Å². The quantitative estimate of drug-likeness (QED) is 0.620. The molecule has 0 amide bonds. The lowest BCUT2D eigenvalue weighted by molar-refractivity contribution is -0.148. The first kappa shape index (κ1) is 20.0. The number of nitrogens with zero attached hydrogens (tertiary/aromatic N) is 3. The normalized spacial score (nSPS) is 20.9. The van der Waals surface area contributed by atoms with Gasteiger partial charge in [0.15, 0.2) is 12.1 Å². The molecular formula is C23H26N4O5. The van der Waals surface area contributed by atoms with Crippen LogP contribution in [0.25, 0.3) is 22.5 Å². The summed E-state index contributed by atoms with van der Waals surface area (Å²) < 4.78 is 28.7.